The van der Waals surface area contributed by atoms with Crippen molar-refractivity contribution in [2.75, 3.05) is 5.73 Å². The zero-order chi connectivity index (χ0) is 14.8. The molecule has 0 spiro atoms. The Morgan fingerprint density at radius 3 is 2.40 bits per heavy atom. The van der Waals surface area contributed by atoms with Crippen molar-refractivity contribution in [1.82, 2.24) is 4.72 Å². The molecule has 0 bridgehead atoms. The summed E-state index contributed by atoms with van der Waals surface area (Å²) in [6.07, 6.45) is 0. The Bertz CT molecular complexity index is 718. The first-order valence-electron chi connectivity index (χ1n) is 5.67. The van der Waals surface area contributed by atoms with Crippen LogP contribution in [-0.2, 0) is 16.6 Å². The van der Waals surface area contributed by atoms with Crippen molar-refractivity contribution < 1.29 is 12.8 Å². The average Bonchev–Trinajstić information content (AvgIpc) is 2.37. The second kappa shape index (κ2) is 5.78. The highest BCUT2D eigenvalue weighted by molar-refractivity contribution is 7.89. The minimum atomic E-state index is -3.79. The van der Waals surface area contributed by atoms with Crippen molar-refractivity contribution in [2.24, 2.45) is 0 Å². The van der Waals surface area contributed by atoms with Crippen molar-refractivity contribution in [3.63, 3.8) is 0 Å². The number of halogens is 2. The summed E-state index contributed by atoms with van der Waals surface area (Å²) in [4.78, 5) is -0.145. The summed E-state index contributed by atoms with van der Waals surface area (Å²) >= 11 is 5.74. The third-order valence-corrected chi connectivity index (χ3v) is 4.37. The Morgan fingerprint density at radius 2 is 1.80 bits per heavy atom. The molecule has 0 aliphatic heterocycles. The van der Waals surface area contributed by atoms with E-state index >= 15 is 0 Å². The molecule has 0 saturated heterocycles. The topological polar surface area (TPSA) is 72.2 Å². The van der Waals surface area contributed by atoms with Crippen LogP contribution in [0.4, 0.5) is 10.1 Å². The summed E-state index contributed by atoms with van der Waals surface area (Å²) in [5.74, 6) is -0.584. The monoisotopic (exact) mass is 314 g/mol. The number of nitrogens with one attached hydrogen (secondary N) is 1. The van der Waals surface area contributed by atoms with E-state index in [1.807, 2.05) is 0 Å². The quantitative estimate of drug-likeness (QED) is 0.852. The van der Waals surface area contributed by atoms with Crippen molar-refractivity contribution in [2.45, 2.75) is 11.4 Å². The van der Waals surface area contributed by atoms with Crippen molar-refractivity contribution >= 4 is 27.3 Å². The molecular weight excluding hydrogens is 303 g/mol. The molecule has 0 aliphatic rings. The van der Waals surface area contributed by atoms with Crippen molar-refractivity contribution in [3.8, 4) is 0 Å². The summed E-state index contributed by atoms with van der Waals surface area (Å²) in [5, 5.41) is 0.569. The Labute approximate surface area is 121 Å². The van der Waals surface area contributed by atoms with Crippen LogP contribution in [0.5, 0.6) is 0 Å². The van der Waals surface area contributed by atoms with Gasteiger partial charge < -0.3 is 5.73 Å². The van der Waals surface area contributed by atoms with Gasteiger partial charge >= 0.3 is 0 Å². The van der Waals surface area contributed by atoms with Crippen LogP contribution in [0.3, 0.4) is 0 Å². The molecule has 2 aromatic carbocycles. The van der Waals surface area contributed by atoms with Crippen LogP contribution < -0.4 is 10.5 Å². The fourth-order valence-corrected chi connectivity index (χ4v) is 2.88. The summed E-state index contributed by atoms with van der Waals surface area (Å²) < 4.78 is 39.4. The van der Waals surface area contributed by atoms with Crippen molar-refractivity contribution in [3.05, 3.63) is 58.9 Å². The van der Waals surface area contributed by atoms with Gasteiger partial charge in [-0.15, -0.1) is 0 Å². The number of sulfonamides is 1. The Morgan fingerprint density at radius 1 is 1.15 bits per heavy atom. The third-order valence-electron chi connectivity index (χ3n) is 2.64. The molecule has 3 N–H and O–H groups in total. The molecule has 0 aromatic heterocycles. The van der Waals surface area contributed by atoms with Gasteiger partial charge in [0, 0.05) is 11.6 Å². The van der Waals surface area contributed by atoms with E-state index in [1.54, 1.807) is 24.3 Å². The number of hydrogen-bond acceptors (Lipinski definition) is 3. The van der Waals surface area contributed by atoms with Gasteiger partial charge in [0.1, 0.15) is 10.7 Å². The van der Waals surface area contributed by atoms with E-state index in [1.165, 1.54) is 0 Å². The fraction of sp³-hybridized carbons (Fsp3) is 0.0769. The van der Waals surface area contributed by atoms with Gasteiger partial charge in [-0.2, -0.15) is 0 Å². The van der Waals surface area contributed by atoms with Crippen molar-refractivity contribution in [1.29, 1.82) is 0 Å². The number of benzene rings is 2. The first-order chi connectivity index (χ1) is 9.38. The molecule has 0 unspecified atom stereocenters. The largest absolute Gasteiger partial charge is 0.398 e. The molecule has 2 rings (SSSR count). The Kier molecular flexibility index (Phi) is 4.27. The van der Waals surface area contributed by atoms with E-state index in [0.717, 1.165) is 23.8 Å². The molecule has 2 aromatic rings. The van der Waals surface area contributed by atoms with E-state index in [4.69, 9.17) is 17.3 Å². The number of nitrogen functional groups attached to an aromatic ring is 1. The molecule has 7 heteroatoms. The highest BCUT2D eigenvalue weighted by Gasteiger charge is 2.17. The lowest BCUT2D eigenvalue weighted by Crippen LogP contribution is -2.24. The van der Waals surface area contributed by atoms with Gasteiger partial charge in [0.05, 0.1) is 5.69 Å². The molecular formula is C13H12ClFN2O2S. The molecule has 0 amide bonds. The van der Waals surface area contributed by atoms with E-state index in [0.29, 0.717) is 5.02 Å². The first kappa shape index (κ1) is 14.8. The second-order valence-corrected chi connectivity index (χ2v) is 6.30. The second-order valence-electron chi connectivity index (χ2n) is 4.13. The van der Waals surface area contributed by atoms with Gasteiger partial charge in [-0.3, -0.25) is 0 Å². The normalized spacial score (nSPS) is 11.5. The summed E-state index contributed by atoms with van der Waals surface area (Å²) in [6.45, 7) is 0.0936. The standard InChI is InChI=1S/C13H12ClFN2O2S/c14-10-3-1-9(2-4-10)8-17-20(18,19)13-6-5-11(15)7-12(13)16/h1-7,17H,8,16H2. The molecule has 0 aliphatic carbocycles. The first-order valence-corrected chi connectivity index (χ1v) is 7.54. The highest BCUT2D eigenvalue weighted by atomic mass is 35.5. The molecule has 0 atom stereocenters. The Balaban J connectivity index is 2.17. The third kappa shape index (κ3) is 3.47. The fourth-order valence-electron chi connectivity index (χ4n) is 1.62. The minimum absolute atomic E-state index is 0.0936. The molecule has 0 fully saturated rings. The molecule has 4 nitrogen and oxygen atoms in total. The predicted molar refractivity (Wildman–Crippen MR) is 76.3 cm³/mol. The SMILES string of the molecule is Nc1cc(F)ccc1S(=O)(=O)NCc1ccc(Cl)cc1. The lowest BCUT2D eigenvalue weighted by Gasteiger charge is -2.09. The lowest BCUT2D eigenvalue weighted by molar-refractivity contribution is 0.581. The minimum Gasteiger partial charge on any atom is -0.398 e. The number of anilines is 1. The maximum Gasteiger partial charge on any atom is 0.242 e. The van der Waals surface area contributed by atoms with Crippen LogP contribution in [0.15, 0.2) is 47.4 Å². The van der Waals surface area contributed by atoms with Gasteiger partial charge in [0.2, 0.25) is 10.0 Å². The van der Waals surface area contributed by atoms with Crippen LogP contribution in [0, 0.1) is 5.82 Å². The van der Waals surface area contributed by atoms with Crippen LogP contribution >= 0.6 is 11.6 Å². The molecule has 106 valence electrons. The van der Waals surface area contributed by atoms with Gasteiger partial charge in [0.25, 0.3) is 0 Å². The maximum atomic E-state index is 12.9. The van der Waals surface area contributed by atoms with Crippen LogP contribution in [0.2, 0.25) is 5.02 Å². The smallest absolute Gasteiger partial charge is 0.242 e. The van der Waals surface area contributed by atoms with Gasteiger partial charge in [-0.05, 0) is 35.9 Å². The van der Waals surface area contributed by atoms with E-state index in [2.05, 4.69) is 4.72 Å². The summed E-state index contributed by atoms with van der Waals surface area (Å²) in [7, 11) is -3.79. The number of rotatable bonds is 4. The summed E-state index contributed by atoms with van der Waals surface area (Å²) in [6, 6.07) is 9.89. The predicted octanol–water partition coefficient (Wildman–Crippen LogP) is 2.54. The number of nitrogens with two attached hydrogens (primary N) is 1. The zero-order valence-corrected chi connectivity index (χ0v) is 11.9. The van der Waals surface area contributed by atoms with E-state index in [-0.39, 0.29) is 17.1 Å². The average molecular weight is 315 g/mol. The van der Waals surface area contributed by atoms with Crippen LogP contribution in [0.25, 0.3) is 0 Å². The van der Waals surface area contributed by atoms with E-state index in [9.17, 15) is 12.8 Å². The van der Waals surface area contributed by atoms with Crippen LogP contribution in [-0.4, -0.2) is 8.42 Å². The maximum absolute atomic E-state index is 12.9. The summed E-state index contributed by atoms with van der Waals surface area (Å²) in [5.41, 5.74) is 6.14. The number of hydrogen-bond donors (Lipinski definition) is 2. The zero-order valence-electron chi connectivity index (χ0n) is 10.3. The molecule has 0 heterocycles. The molecule has 0 saturated carbocycles. The van der Waals surface area contributed by atoms with Crippen LogP contribution in [0.1, 0.15) is 5.56 Å². The van der Waals surface area contributed by atoms with Gasteiger partial charge in [-0.1, -0.05) is 23.7 Å². The lowest BCUT2D eigenvalue weighted by atomic mass is 10.2. The highest BCUT2D eigenvalue weighted by Crippen LogP contribution is 2.19. The van der Waals surface area contributed by atoms with E-state index < -0.39 is 15.8 Å². The Hall–Kier alpha value is -1.63. The van der Waals surface area contributed by atoms with Gasteiger partial charge in [0.15, 0.2) is 0 Å². The molecule has 20 heavy (non-hydrogen) atoms. The van der Waals surface area contributed by atoms with Gasteiger partial charge in [-0.25, -0.2) is 17.5 Å². The molecule has 0 radical (unpaired) electrons.